The summed E-state index contributed by atoms with van der Waals surface area (Å²) in [5.74, 6) is 0.714. The summed E-state index contributed by atoms with van der Waals surface area (Å²) in [5, 5.41) is 2.69. The van der Waals surface area contributed by atoms with Crippen molar-refractivity contribution < 1.29 is 19.1 Å². The number of rotatable bonds is 5. The highest BCUT2D eigenvalue weighted by atomic mass is 32.2. The van der Waals surface area contributed by atoms with Gasteiger partial charge in [0.05, 0.1) is 12.5 Å². The van der Waals surface area contributed by atoms with Crippen molar-refractivity contribution in [2.45, 2.75) is 38.7 Å². The molecule has 1 heterocycles. The Bertz CT molecular complexity index is 669. The Hall–Kier alpha value is -2.15. The number of alkyl carbamates (subject to hydrolysis) is 1. The molecule has 2 rings (SSSR count). The van der Waals surface area contributed by atoms with E-state index in [0.29, 0.717) is 18.2 Å². The van der Waals surface area contributed by atoms with Gasteiger partial charge in [-0.2, -0.15) is 0 Å². The first kappa shape index (κ1) is 19.2. The first-order chi connectivity index (χ1) is 11.7. The Morgan fingerprint density at radius 1 is 1.44 bits per heavy atom. The van der Waals surface area contributed by atoms with E-state index < -0.39 is 17.1 Å². The van der Waals surface area contributed by atoms with Gasteiger partial charge in [0.1, 0.15) is 5.76 Å². The molecule has 0 spiro atoms. The third-order valence-electron chi connectivity index (χ3n) is 3.31. The zero-order valence-corrected chi connectivity index (χ0v) is 15.8. The van der Waals surface area contributed by atoms with Crippen LogP contribution < -0.4 is 10.2 Å². The Kier molecular flexibility index (Phi) is 6.00. The van der Waals surface area contributed by atoms with Crippen molar-refractivity contribution in [2.24, 2.45) is 0 Å². The predicted molar refractivity (Wildman–Crippen MR) is 100 cm³/mol. The van der Waals surface area contributed by atoms with Crippen molar-refractivity contribution in [2.75, 3.05) is 17.4 Å². The van der Waals surface area contributed by atoms with Gasteiger partial charge < -0.3 is 14.8 Å². The van der Waals surface area contributed by atoms with Gasteiger partial charge in [0.15, 0.2) is 0 Å². The molecule has 1 saturated heterocycles. The van der Waals surface area contributed by atoms with Crippen LogP contribution in [0.25, 0.3) is 5.76 Å². The van der Waals surface area contributed by atoms with Gasteiger partial charge in [-0.25, -0.2) is 4.79 Å². The number of anilines is 1. The molecule has 1 aromatic rings. The maximum absolute atomic E-state index is 12.6. The lowest BCUT2D eigenvalue weighted by Crippen LogP contribution is -2.43. The summed E-state index contributed by atoms with van der Waals surface area (Å²) >= 11 is 1.27. The Labute approximate surface area is 152 Å². The van der Waals surface area contributed by atoms with Gasteiger partial charge in [-0.1, -0.05) is 30.5 Å². The molecule has 0 saturated carbocycles. The lowest BCUT2D eigenvalue weighted by molar-refractivity contribution is -0.122. The summed E-state index contributed by atoms with van der Waals surface area (Å²) in [4.78, 5) is 26.0. The second-order valence-corrected chi connectivity index (χ2v) is 7.60. The highest BCUT2D eigenvalue weighted by molar-refractivity contribution is 8.01. The fourth-order valence-electron chi connectivity index (χ4n) is 2.23. The Morgan fingerprint density at radius 2 is 2.16 bits per heavy atom. The van der Waals surface area contributed by atoms with Crippen LogP contribution in [0.15, 0.2) is 30.8 Å². The van der Waals surface area contributed by atoms with Gasteiger partial charge >= 0.3 is 6.09 Å². The minimum absolute atomic E-state index is 0.256. The van der Waals surface area contributed by atoms with Crippen LogP contribution in [-0.4, -0.2) is 35.5 Å². The molecule has 1 aromatic carbocycles. The third-order valence-corrected chi connectivity index (χ3v) is 4.32. The van der Waals surface area contributed by atoms with E-state index in [1.165, 1.54) is 11.8 Å². The largest absolute Gasteiger partial charge is 0.494 e. The van der Waals surface area contributed by atoms with Crippen molar-refractivity contribution in [3.8, 4) is 0 Å². The summed E-state index contributed by atoms with van der Waals surface area (Å²) < 4.78 is 10.7. The van der Waals surface area contributed by atoms with Crippen molar-refractivity contribution in [1.29, 1.82) is 0 Å². The Balaban J connectivity index is 2.05. The molecule has 2 amide bonds. The van der Waals surface area contributed by atoms with Crippen LogP contribution in [0, 0.1) is 0 Å². The fraction of sp³-hybridized carbons (Fsp3) is 0.444. The molecule has 1 atom stereocenters. The summed E-state index contributed by atoms with van der Waals surface area (Å²) in [6, 6.07) is 7.39. The number of benzene rings is 1. The van der Waals surface area contributed by atoms with Crippen LogP contribution in [0.4, 0.5) is 10.5 Å². The zero-order chi connectivity index (χ0) is 18.6. The molecule has 136 valence electrons. The van der Waals surface area contributed by atoms with Gasteiger partial charge in [0, 0.05) is 16.8 Å². The molecule has 1 fully saturated rings. The molecular formula is C18H24N2O4S. The lowest BCUT2D eigenvalue weighted by Gasteiger charge is -2.21. The maximum Gasteiger partial charge on any atom is 0.409 e. The van der Waals surface area contributed by atoms with E-state index in [-0.39, 0.29) is 5.91 Å². The summed E-state index contributed by atoms with van der Waals surface area (Å²) in [7, 11) is 0. The number of carbonyl (C=O) groups is 2. The van der Waals surface area contributed by atoms with E-state index in [0.717, 1.165) is 11.3 Å². The maximum atomic E-state index is 12.6. The number of thioether (sulfide) groups is 1. The Morgan fingerprint density at radius 3 is 2.80 bits per heavy atom. The van der Waals surface area contributed by atoms with Crippen molar-refractivity contribution >= 4 is 35.2 Å². The van der Waals surface area contributed by atoms with Crippen molar-refractivity contribution in [3.05, 3.63) is 36.4 Å². The first-order valence-corrected chi connectivity index (χ1v) is 9.10. The van der Waals surface area contributed by atoms with Gasteiger partial charge in [-0.05, 0) is 39.8 Å². The second kappa shape index (κ2) is 7.82. The minimum Gasteiger partial charge on any atom is -0.494 e. The van der Waals surface area contributed by atoms with Gasteiger partial charge in [-0.3, -0.25) is 9.69 Å². The van der Waals surface area contributed by atoms with E-state index in [1.807, 2.05) is 52.0 Å². The number of hydrogen-bond acceptors (Lipinski definition) is 5. The number of hydrogen-bond donors (Lipinski definition) is 1. The molecule has 1 aliphatic rings. The molecule has 6 nitrogen and oxygen atoms in total. The molecule has 0 radical (unpaired) electrons. The average molecular weight is 364 g/mol. The molecular weight excluding hydrogens is 340 g/mol. The van der Waals surface area contributed by atoms with Crippen LogP contribution >= 0.6 is 11.8 Å². The van der Waals surface area contributed by atoms with Gasteiger partial charge in [-0.15, -0.1) is 0 Å². The van der Waals surface area contributed by atoms with E-state index in [9.17, 15) is 9.59 Å². The number of nitrogens with one attached hydrogen (secondary N) is 1. The van der Waals surface area contributed by atoms with Crippen LogP contribution in [0.3, 0.4) is 0 Å². The molecule has 1 aliphatic heterocycles. The number of ether oxygens (including phenoxy) is 2. The average Bonchev–Trinajstić information content (AvgIpc) is 2.87. The number of carbonyl (C=O) groups excluding carboxylic acids is 2. The predicted octanol–water partition coefficient (Wildman–Crippen LogP) is 3.58. The third kappa shape index (κ3) is 5.16. The topological polar surface area (TPSA) is 67.9 Å². The smallest absolute Gasteiger partial charge is 0.409 e. The van der Waals surface area contributed by atoms with E-state index >= 15 is 0 Å². The monoisotopic (exact) mass is 364 g/mol. The summed E-state index contributed by atoms with van der Waals surface area (Å²) in [6.07, 6.45) is -0.598. The van der Waals surface area contributed by atoms with Crippen LogP contribution in [-0.2, 0) is 14.3 Å². The van der Waals surface area contributed by atoms with E-state index in [1.54, 1.807) is 4.90 Å². The van der Waals surface area contributed by atoms with Crippen LogP contribution in [0.2, 0.25) is 0 Å². The molecule has 0 aliphatic carbocycles. The summed E-state index contributed by atoms with van der Waals surface area (Å²) in [5.41, 5.74) is 0.267. The van der Waals surface area contributed by atoms with Crippen LogP contribution in [0.5, 0.6) is 0 Å². The highest BCUT2D eigenvalue weighted by Gasteiger charge is 2.37. The first-order valence-electron chi connectivity index (χ1n) is 8.05. The molecule has 7 heteroatoms. The molecule has 1 unspecified atom stereocenters. The standard InChI is InChI=1S/C18H24N2O4S/c1-6-23-12(2)13-8-7-9-14(10-13)20-11-25-16(15(20)21)24-17(22)19-18(3,4)5/h7-10,16H,2,6,11H2,1,3-5H3,(H,19,22). The SMILES string of the molecule is C=C(OCC)c1cccc(N2CSC(OC(=O)NC(C)(C)C)C2=O)c1. The van der Waals surface area contributed by atoms with Crippen molar-refractivity contribution in [1.82, 2.24) is 5.32 Å². The highest BCUT2D eigenvalue weighted by Crippen LogP contribution is 2.31. The second-order valence-electron chi connectivity index (χ2n) is 6.58. The molecule has 1 N–H and O–H groups in total. The molecule has 0 bridgehead atoms. The van der Waals surface area contributed by atoms with Gasteiger partial charge in [0.25, 0.3) is 5.91 Å². The minimum atomic E-state index is -0.846. The lowest BCUT2D eigenvalue weighted by atomic mass is 10.1. The van der Waals surface area contributed by atoms with Crippen LogP contribution in [0.1, 0.15) is 33.3 Å². The fourth-order valence-corrected chi connectivity index (χ4v) is 3.21. The number of nitrogens with zero attached hydrogens (tertiary/aromatic N) is 1. The zero-order valence-electron chi connectivity index (χ0n) is 15.0. The van der Waals surface area contributed by atoms with E-state index in [2.05, 4.69) is 11.9 Å². The quantitative estimate of drug-likeness (QED) is 0.809. The number of amides is 2. The summed E-state index contributed by atoms with van der Waals surface area (Å²) in [6.45, 7) is 11.8. The normalized spacial score (nSPS) is 17.4. The van der Waals surface area contributed by atoms with E-state index in [4.69, 9.17) is 9.47 Å². The van der Waals surface area contributed by atoms with Crippen molar-refractivity contribution in [3.63, 3.8) is 0 Å². The van der Waals surface area contributed by atoms with Gasteiger partial charge in [0.2, 0.25) is 5.44 Å². The molecule has 0 aromatic heterocycles. The molecule has 25 heavy (non-hydrogen) atoms.